The van der Waals surface area contributed by atoms with Crippen LogP contribution in [0.2, 0.25) is 0 Å². The molecule has 24 heavy (non-hydrogen) atoms. The number of ketones is 1. The number of hydrogen-bond acceptors (Lipinski definition) is 6. The molecule has 1 aromatic carbocycles. The second kappa shape index (κ2) is 7.86. The topological polar surface area (TPSA) is 65.1 Å². The molecule has 6 nitrogen and oxygen atoms in total. The number of ether oxygens (including phenoxy) is 3. The van der Waals surface area contributed by atoms with Gasteiger partial charge in [0.05, 0.1) is 20.8 Å². The van der Waals surface area contributed by atoms with Crippen LogP contribution in [0, 0.1) is 0 Å². The van der Waals surface area contributed by atoms with Crippen molar-refractivity contribution in [3.63, 3.8) is 0 Å². The molecule has 1 aliphatic heterocycles. The van der Waals surface area contributed by atoms with E-state index in [0.717, 1.165) is 17.5 Å². The van der Waals surface area contributed by atoms with Gasteiger partial charge in [-0.15, -0.1) is 0 Å². The number of nitrogens with zero attached hydrogens (tertiary/aromatic N) is 1. The lowest BCUT2D eigenvalue weighted by atomic mass is 9.94. The van der Waals surface area contributed by atoms with Crippen molar-refractivity contribution in [2.24, 2.45) is 0 Å². The zero-order valence-electron chi connectivity index (χ0n) is 14.5. The summed E-state index contributed by atoms with van der Waals surface area (Å²) in [5.41, 5.74) is 2.64. The Balaban J connectivity index is 2.45. The maximum Gasteiger partial charge on any atom is 0.325 e. The van der Waals surface area contributed by atoms with Gasteiger partial charge in [0.25, 0.3) is 0 Å². The van der Waals surface area contributed by atoms with Gasteiger partial charge in [0.1, 0.15) is 6.54 Å². The van der Waals surface area contributed by atoms with Crippen molar-refractivity contribution in [3.8, 4) is 11.5 Å². The lowest BCUT2D eigenvalue weighted by Gasteiger charge is -2.33. The molecule has 0 spiro atoms. The summed E-state index contributed by atoms with van der Waals surface area (Å²) >= 11 is 0. The molecule has 1 aromatic rings. The molecule has 6 heteroatoms. The molecule has 0 aliphatic carbocycles. The minimum absolute atomic E-state index is 0.0820. The van der Waals surface area contributed by atoms with E-state index in [0.29, 0.717) is 30.3 Å². The predicted octanol–water partition coefficient (Wildman–Crippen LogP) is 2.05. The summed E-state index contributed by atoms with van der Waals surface area (Å²) in [4.78, 5) is 25.4. The molecule has 0 aromatic heterocycles. The van der Waals surface area contributed by atoms with Crippen LogP contribution in [0.4, 0.5) is 0 Å². The van der Waals surface area contributed by atoms with Crippen LogP contribution in [0.25, 0.3) is 5.70 Å². The minimum Gasteiger partial charge on any atom is -0.493 e. The van der Waals surface area contributed by atoms with Gasteiger partial charge in [-0.1, -0.05) is 0 Å². The number of carbonyl (C=O) groups excluding carboxylic acids is 2. The average molecular weight is 333 g/mol. The van der Waals surface area contributed by atoms with Crippen molar-refractivity contribution in [1.29, 1.82) is 0 Å². The van der Waals surface area contributed by atoms with Crippen molar-refractivity contribution in [1.82, 2.24) is 4.90 Å². The van der Waals surface area contributed by atoms with Crippen LogP contribution in [0.3, 0.4) is 0 Å². The third-order valence-corrected chi connectivity index (χ3v) is 3.84. The van der Waals surface area contributed by atoms with Crippen molar-refractivity contribution in [2.75, 3.05) is 33.9 Å². The highest BCUT2D eigenvalue weighted by Gasteiger charge is 2.25. The summed E-state index contributed by atoms with van der Waals surface area (Å²) in [6.45, 7) is 4.33. The molecule has 0 atom stereocenters. The second-order valence-electron chi connectivity index (χ2n) is 5.48. The summed E-state index contributed by atoms with van der Waals surface area (Å²) in [5.74, 6) is 0.846. The van der Waals surface area contributed by atoms with E-state index in [1.54, 1.807) is 27.2 Å². The molecule has 1 heterocycles. The number of rotatable bonds is 6. The first kappa shape index (κ1) is 17.8. The van der Waals surface area contributed by atoms with Gasteiger partial charge in [-0.3, -0.25) is 9.59 Å². The maximum absolute atomic E-state index is 11.9. The third kappa shape index (κ3) is 3.88. The molecule has 0 fully saturated rings. The van der Waals surface area contributed by atoms with Crippen molar-refractivity contribution < 1.29 is 23.8 Å². The predicted molar refractivity (Wildman–Crippen MR) is 90.1 cm³/mol. The first-order valence-electron chi connectivity index (χ1n) is 7.88. The highest BCUT2D eigenvalue weighted by atomic mass is 16.5. The molecule has 0 radical (unpaired) electrons. The zero-order valence-corrected chi connectivity index (χ0v) is 14.5. The van der Waals surface area contributed by atoms with Gasteiger partial charge in [0.2, 0.25) is 0 Å². The number of allylic oxidation sites excluding steroid dienone is 1. The Morgan fingerprint density at radius 1 is 1.21 bits per heavy atom. The highest BCUT2D eigenvalue weighted by molar-refractivity contribution is 5.96. The summed E-state index contributed by atoms with van der Waals surface area (Å²) in [6, 6.07) is 3.77. The number of methoxy groups -OCH3 is 2. The molecule has 1 aliphatic rings. The highest BCUT2D eigenvalue weighted by Crippen LogP contribution is 2.37. The lowest BCUT2D eigenvalue weighted by molar-refractivity contribution is -0.143. The molecule has 2 rings (SSSR count). The quantitative estimate of drug-likeness (QED) is 0.586. The largest absolute Gasteiger partial charge is 0.493 e. The van der Waals surface area contributed by atoms with Gasteiger partial charge in [-0.05, 0) is 38.0 Å². The molecule has 0 bridgehead atoms. The minimum atomic E-state index is -0.309. The van der Waals surface area contributed by atoms with Crippen LogP contribution in [0.15, 0.2) is 18.2 Å². The van der Waals surface area contributed by atoms with E-state index in [1.807, 2.05) is 17.0 Å². The standard InChI is InChI=1S/C18H23NO5/c1-5-24-18(21)11-19-7-6-13-9-16(22-3)17(23-4)10-14(13)15(19)8-12(2)20/h8-10H,5-7,11H2,1-4H3/b15-8-. The van der Waals surface area contributed by atoms with Crippen LogP contribution in [-0.4, -0.2) is 50.6 Å². The number of benzene rings is 1. The number of carbonyl (C=O) groups is 2. The Labute approximate surface area is 142 Å². The Kier molecular flexibility index (Phi) is 5.84. The summed E-state index contributed by atoms with van der Waals surface area (Å²) in [6.07, 6.45) is 2.29. The summed E-state index contributed by atoms with van der Waals surface area (Å²) in [7, 11) is 3.16. The van der Waals surface area contributed by atoms with Crippen molar-refractivity contribution >= 4 is 17.4 Å². The van der Waals surface area contributed by atoms with Crippen LogP contribution in [0.1, 0.15) is 25.0 Å². The Morgan fingerprint density at radius 2 is 1.88 bits per heavy atom. The third-order valence-electron chi connectivity index (χ3n) is 3.84. The Morgan fingerprint density at radius 3 is 2.46 bits per heavy atom. The fourth-order valence-corrected chi connectivity index (χ4v) is 2.80. The second-order valence-corrected chi connectivity index (χ2v) is 5.48. The van der Waals surface area contributed by atoms with E-state index < -0.39 is 0 Å². The van der Waals surface area contributed by atoms with Gasteiger partial charge in [-0.2, -0.15) is 0 Å². The van der Waals surface area contributed by atoms with E-state index in [1.165, 1.54) is 6.92 Å². The van der Waals surface area contributed by atoms with E-state index >= 15 is 0 Å². The molecular weight excluding hydrogens is 310 g/mol. The smallest absolute Gasteiger partial charge is 0.325 e. The fourth-order valence-electron chi connectivity index (χ4n) is 2.80. The SMILES string of the molecule is CCOC(=O)CN1CCc2cc(OC)c(OC)cc2/C1=C/C(C)=O. The van der Waals surface area contributed by atoms with Crippen LogP contribution < -0.4 is 9.47 Å². The Bertz CT molecular complexity index is 666. The zero-order chi connectivity index (χ0) is 17.7. The number of hydrogen-bond donors (Lipinski definition) is 0. The van der Waals surface area contributed by atoms with E-state index in [2.05, 4.69) is 0 Å². The van der Waals surface area contributed by atoms with Crippen LogP contribution >= 0.6 is 0 Å². The van der Waals surface area contributed by atoms with E-state index in [-0.39, 0.29) is 18.3 Å². The summed E-state index contributed by atoms with van der Waals surface area (Å²) in [5, 5.41) is 0. The maximum atomic E-state index is 11.9. The van der Waals surface area contributed by atoms with Crippen LogP contribution in [-0.2, 0) is 20.7 Å². The van der Waals surface area contributed by atoms with Crippen molar-refractivity contribution in [2.45, 2.75) is 20.3 Å². The molecule has 0 saturated carbocycles. The molecular formula is C18H23NO5. The van der Waals surface area contributed by atoms with Gasteiger partial charge in [0, 0.05) is 23.9 Å². The average Bonchev–Trinajstić information content (AvgIpc) is 2.55. The lowest BCUT2D eigenvalue weighted by Crippen LogP contribution is -2.35. The van der Waals surface area contributed by atoms with Gasteiger partial charge < -0.3 is 19.1 Å². The monoisotopic (exact) mass is 333 g/mol. The molecule has 0 unspecified atom stereocenters. The van der Waals surface area contributed by atoms with Gasteiger partial charge in [-0.25, -0.2) is 0 Å². The van der Waals surface area contributed by atoms with E-state index in [9.17, 15) is 9.59 Å². The number of fused-ring (bicyclic) bond motifs is 1. The Hall–Kier alpha value is -2.50. The molecule has 0 N–H and O–H groups in total. The molecule has 0 saturated heterocycles. The van der Waals surface area contributed by atoms with Gasteiger partial charge in [0.15, 0.2) is 17.3 Å². The molecule has 130 valence electrons. The fraction of sp³-hybridized carbons (Fsp3) is 0.444. The van der Waals surface area contributed by atoms with Gasteiger partial charge >= 0.3 is 5.97 Å². The van der Waals surface area contributed by atoms with Crippen molar-refractivity contribution in [3.05, 3.63) is 29.3 Å². The molecule has 0 amide bonds. The number of esters is 1. The first-order chi connectivity index (χ1) is 11.5. The van der Waals surface area contributed by atoms with E-state index in [4.69, 9.17) is 14.2 Å². The normalized spacial score (nSPS) is 15.0. The first-order valence-corrected chi connectivity index (χ1v) is 7.88. The summed E-state index contributed by atoms with van der Waals surface area (Å²) < 4.78 is 15.7. The van der Waals surface area contributed by atoms with Crippen LogP contribution in [0.5, 0.6) is 11.5 Å².